The van der Waals surface area contributed by atoms with Gasteiger partial charge in [0.25, 0.3) is 0 Å². The lowest BCUT2D eigenvalue weighted by Crippen LogP contribution is -2.50. The molecule has 0 bridgehead atoms. The Bertz CT molecular complexity index is 167. The van der Waals surface area contributed by atoms with E-state index in [1.54, 1.807) is 14.2 Å². The quantitative estimate of drug-likeness (QED) is 0.487. The van der Waals surface area contributed by atoms with Gasteiger partial charge in [0, 0.05) is 20.8 Å². The highest BCUT2D eigenvalue weighted by atomic mass is 32.1. The summed E-state index contributed by atoms with van der Waals surface area (Å²) in [6, 6.07) is 0. The Morgan fingerprint density at radius 2 is 1.81 bits per heavy atom. The Morgan fingerprint density at radius 3 is 2.19 bits per heavy atom. The lowest BCUT2D eigenvalue weighted by molar-refractivity contribution is -0.0356. The molecule has 0 aromatic rings. The highest BCUT2D eigenvalue weighted by molar-refractivity contribution is 7.80. The molecule has 0 radical (unpaired) electrons. The predicted octanol–water partition coefficient (Wildman–Crippen LogP) is 2.26. The van der Waals surface area contributed by atoms with Crippen LogP contribution in [0.15, 0.2) is 0 Å². The Kier molecular flexibility index (Phi) is 9.68. The van der Waals surface area contributed by atoms with Crippen molar-refractivity contribution >= 4 is 21.7 Å². The molecule has 0 amide bonds. The van der Waals surface area contributed by atoms with E-state index in [-0.39, 0.29) is 6.10 Å². The third-order valence-corrected chi connectivity index (χ3v) is 4.64. The molecular weight excluding hydrogens is 244 g/mol. The van der Waals surface area contributed by atoms with Gasteiger partial charge in [0.1, 0.15) is 0 Å². The average molecular weight is 268 g/mol. The van der Waals surface area contributed by atoms with Crippen molar-refractivity contribution in [2.45, 2.75) is 39.2 Å². The van der Waals surface area contributed by atoms with Gasteiger partial charge in [0.15, 0.2) is 0 Å². The normalized spacial score (nSPS) is 14.1. The van der Waals surface area contributed by atoms with E-state index in [2.05, 4.69) is 19.6 Å². The zero-order chi connectivity index (χ0) is 12.4. The van der Waals surface area contributed by atoms with Crippen LogP contribution in [0.25, 0.3) is 0 Å². The predicted molar refractivity (Wildman–Crippen MR) is 69.6 cm³/mol. The zero-order valence-corrected chi connectivity index (χ0v) is 12.6. The van der Waals surface area contributed by atoms with Crippen LogP contribution in [-0.2, 0) is 17.7 Å². The third kappa shape index (κ3) is 5.65. The highest BCUT2D eigenvalue weighted by Crippen LogP contribution is 2.17. The summed E-state index contributed by atoms with van der Waals surface area (Å²) in [5.74, 6) is 0.782. The van der Waals surface area contributed by atoms with Crippen molar-refractivity contribution in [1.82, 2.24) is 0 Å². The van der Waals surface area contributed by atoms with Gasteiger partial charge >= 0.3 is 9.05 Å². The van der Waals surface area contributed by atoms with Gasteiger partial charge in [-0.3, -0.25) is 0 Å². The number of hydrogen-bond acceptors (Lipinski definition) is 5. The molecule has 0 aromatic carbocycles. The van der Waals surface area contributed by atoms with Crippen molar-refractivity contribution in [2.75, 3.05) is 26.6 Å². The fraction of sp³-hybridized carbons (Fsp3) is 1.00. The molecule has 16 heavy (non-hydrogen) atoms. The maximum absolute atomic E-state index is 5.85. The van der Waals surface area contributed by atoms with Crippen molar-refractivity contribution in [3.05, 3.63) is 0 Å². The van der Waals surface area contributed by atoms with E-state index in [9.17, 15) is 0 Å². The number of rotatable bonds is 10. The summed E-state index contributed by atoms with van der Waals surface area (Å²) in [6.07, 6.45) is 2.77. The lowest BCUT2D eigenvalue weighted by atomic mass is 10.2. The molecule has 0 heterocycles. The Balaban J connectivity index is 4.37. The summed E-state index contributed by atoms with van der Waals surface area (Å²) >= 11 is 4.21. The van der Waals surface area contributed by atoms with Gasteiger partial charge in [0.05, 0.1) is 6.10 Å². The van der Waals surface area contributed by atoms with Crippen LogP contribution >= 0.6 is 12.6 Å². The Labute approximate surface area is 106 Å². The smallest absolute Gasteiger partial charge is 0.355 e. The van der Waals surface area contributed by atoms with Crippen molar-refractivity contribution in [3.63, 3.8) is 0 Å². The zero-order valence-electron chi connectivity index (χ0n) is 10.7. The van der Waals surface area contributed by atoms with E-state index in [1.165, 1.54) is 0 Å². The first kappa shape index (κ1) is 16.4. The minimum atomic E-state index is -2.92. The summed E-state index contributed by atoms with van der Waals surface area (Å²) in [5.41, 5.74) is 0. The first-order valence-electron chi connectivity index (χ1n) is 5.70. The molecule has 0 saturated carbocycles. The van der Waals surface area contributed by atoms with Crippen LogP contribution in [0.1, 0.15) is 33.1 Å². The molecule has 0 fully saturated rings. The maximum Gasteiger partial charge on any atom is 0.679 e. The molecule has 0 aliphatic carbocycles. The summed E-state index contributed by atoms with van der Waals surface area (Å²) in [4.78, 5) is 0. The van der Waals surface area contributed by atoms with Crippen molar-refractivity contribution in [1.29, 1.82) is 0 Å². The van der Waals surface area contributed by atoms with Gasteiger partial charge in [-0.2, -0.15) is 12.6 Å². The molecular formula is C10H24O4SSi. The van der Waals surface area contributed by atoms with Crippen molar-refractivity contribution in [3.8, 4) is 0 Å². The summed E-state index contributed by atoms with van der Waals surface area (Å²) < 4.78 is 22.1. The molecule has 98 valence electrons. The maximum atomic E-state index is 5.85. The van der Waals surface area contributed by atoms with Crippen molar-refractivity contribution in [2.24, 2.45) is 0 Å². The summed E-state index contributed by atoms with van der Waals surface area (Å²) in [6.45, 7) is 4.69. The van der Waals surface area contributed by atoms with Crippen molar-refractivity contribution < 1.29 is 17.7 Å². The molecule has 0 aromatic heterocycles. The molecule has 0 N–H and O–H groups in total. The van der Waals surface area contributed by atoms with E-state index in [0.717, 1.165) is 25.0 Å². The van der Waals surface area contributed by atoms with Crippen LogP contribution in [0.3, 0.4) is 0 Å². The number of hydrogen-bond donors (Lipinski definition) is 1. The molecule has 0 aliphatic rings. The Morgan fingerprint density at radius 1 is 1.19 bits per heavy atom. The van der Waals surface area contributed by atoms with Gasteiger partial charge in [0.2, 0.25) is 0 Å². The molecule has 1 unspecified atom stereocenters. The largest absolute Gasteiger partial charge is 0.679 e. The van der Waals surface area contributed by atoms with Crippen LogP contribution in [0.2, 0.25) is 0 Å². The van der Waals surface area contributed by atoms with Crippen LogP contribution in [-0.4, -0.2) is 41.7 Å². The molecule has 0 saturated heterocycles. The second-order valence-corrected chi connectivity index (χ2v) is 6.21. The number of thiol groups is 1. The molecule has 0 spiro atoms. The van der Waals surface area contributed by atoms with E-state index in [1.807, 2.05) is 6.92 Å². The standard InChI is InChI=1S/C10H24O4SSi/c1-5-8-13-16(11-3,12-4)14-10(6-2)7-9-15/h10,15H,5-9H2,1-4H3. The second kappa shape index (κ2) is 9.44. The molecule has 6 heteroatoms. The highest BCUT2D eigenvalue weighted by Gasteiger charge is 2.45. The molecule has 0 aliphatic heterocycles. The minimum Gasteiger partial charge on any atom is -0.355 e. The first-order chi connectivity index (χ1) is 7.67. The van der Waals surface area contributed by atoms with E-state index >= 15 is 0 Å². The molecule has 1 atom stereocenters. The minimum absolute atomic E-state index is 0.0842. The summed E-state index contributed by atoms with van der Waals surface area (Å²) in [5, 5.41) is 0. The van der Waals surface area contributed by atoms with Crippen LogP contribution in [0.5, 0.6) is 0 Å². The molecule has 4 nitrogen and oxygen atoms in total. The van der Waals surface area contributed by atoms with Gasteiger partial charge in [-0.1, -0.05) is 13.8 Å². The average Bonchev–Trinajstić information content (AvgIpc) is 2.33. The Hall–Kier alpha value is 0.407. The van der Waals surface area contributed by atoms with Gasteiger partial charge in [-0.25, -0.2) is 0 Å². The van der Waals surface area contributed by atoms with E-state index in [4.69, 9.17) is 17.7 Å². The van der Waals surface area contributed by atoms with E-state index in [0.29, 0.717) is 6.61 Å². The summed E-state index contributed by atoms with van der Waals surface area (Å²) in [7, 11) is 0.217. The third-order valence-electron chi connectivity index (χ3n) is 2.20. The van der Waals surface area contributed by atoms with Crippen LogP contribution in [0, 0.1) is 0 Å². The van der Waals surface area contributed by atoms with Gasteiger partial charge < -0.3 is 17.7 Å². The lowest BCUT2D eigenvalue weighted by Gasteiger charge is -2.29. The topological polar surface area (TPSA) is 36.9 Å². The fourth-order valence-electron chi connectivity index (χ4n) is 1.25. The first-order valence-corrected chi connectivity index (χ1v) is 7.97. The monoisotopic (exact) mass is 268 g/mol. The van der Waals surface area contributed by atoms with Crippen LogP contribution < -0.4 is 0 Å². The fourth-order valence-corrected chi connectivity index (χ4v) is 3.35. The second-order valence-electron chi connectivity index (χ2n) is 3.42. The SMILES string of the molecule is CCCO[Si](OC)(OC)OC(CC)CCS. The van der Waals surface area contributed by atoms with E-state index < -0.39 is 9.05 Å². The van der Waals surface area contributed by atoms with Crippen LogP contribution in [0.4, 0.5) is 0 Å². The molecule has 0 rings (SSSR count). The van der Waals surface area contributed by atoms with Gasteiger partial charge in [-0.15, -0.1) is 0 Å². The van der Waals surface area contributed by atoms with Gasteiger partial charge in [-0.05, 0) is 25.0 Å².